The lowest BCUT2D eigenvalue weighted by Gasteiger charge is -2.18. The van der Waals surface area contributed by atoms with Crippen molar-refractivity contribution in [2.45, 2.75) is 36.6 Å². The van der Waals surface area contributed by atoms with Crippen molar-refractivity contribution in [1.29, 1.82) is 0 Å². The maximum atomic E-state index is 13.5. The Balaban J connectivity index is 1.48. The van der Waals surface area contributed by atoms with Crippen molar-refractivity contribution in [1.82, 2.24) is 15.4 Å². The van der Waals surface area contributed by atoms with Gasteiger partial charge < -0.3 is 10.6 Å². The molecule has 0 radical (unpaired) electrons. The summed E-state index contributed by atoms with van der Waals surface area (Å²) >= 11 is 0. The third-order valence-electron chi connectivity index (χ3n) is 5.09. The van der Waals surface area contributed by atoms with E-state index in [-0.39, 0.29) is 16.9 Å². The molecule has 0 spiro atoms. The van der Waals surface area contributed by atoms with Gasteiger partial charge in [0.1, 0.15) is 11.9 Å². The monoisotopic (exact) mass is 478 g/mol. The highest BCUT2D eigenvalue weighted by molar-refractivity contribution is 7.90. The van der Waals surface area contributed by atoms with E-state index in [1.165, 1.54) is 19.2 Å². The Morgan fingerprint density at radius 2 is 1.82 bits per heavy atom. The van der Waals surface area contributed by atoms with E-state index in [4.69, 9.17) is 0 Å². The van der Waals surface area contributed by atoms with E-state index in [9.17, 15) is 26.8 Å². The van der Waals surface area contributed by atoms with Crippen molar-refractivity contribution in [3.05, 3.63) is 65.2 Å². The largest absolute Gasteiger partial charge is 0.357 e. The van der Waals surface area contributed by atoms with Crippen LogP contribution in [-0.4, -0.2) is 39.7 Å². The molecule has 1 heterocycles. The number of unbranched alkanes of at least 4 members (excludes halogenated alkanes) is 2. The number of carbonyl (C=O) groups excluding carboxylic acids is 2. The number of halogens is 2. The van der Waals surface area contributed by atoms with Crippen LogP contribution >= 0.6 is 0 Å². The predicted molar refractivity (Wildman–Crippen MR) is 118 cm³/mol. The zero-order valence-corrected chi connectivity index (χ0v) is 18.7. The van der Waals surface area contributed by atoms with Crippen molar-refractivity contribution in [3.8, 4) is 0 Å². The van der Waals surface area contributed by atoms with Gasteiger partial charge in [0.15, 0.2) is 11.6 Å². The van der Waals surface area contributed by atoms with E-state index in [0.29, 0.717) is 37.2 Å². The number of hydrogen-bond acceptors (Lipinski definition) is 5. The van der Waals surface area contributed by atoms with Crippen molar-refractivity contribution >= 4 is 27.7 Å². The molecular weight excluding hydrogens is 454 g/mol. The van der Waals surface area contributed by atoms with Gasteiger partial charge >= 0.3 is 0 Å². The van der Waals surface area contributed by atoms with Crippen LogP contribution in [-0.2, 0) is 19.6 Å². The summed E-state index contributed by atoms with van der Waals surface area (Å²) in [7, 11) is -2.19. The Morgan fingerprint density at radius 3 is 2.55 bits per heavy atom. The molecule has 1 aliphatic rings. The highest BCUT2D eigenvalue weighted by atomic mass is 32.2. The normalized spacial score (nSPS) is 16.0. The molecule has 1 atom stereocenters. The Labute approximate surface area is 190 Å². The van der Waals surface area contributed by atoms with Gasteiger partial charge in [-0.05, 0) is 42.7 Å². The third-order valence-corrected chi connectivity index (χ3v) is 6.48. The Hall–Kier alpha value is -3.34. The first-order chi connectivity index (χ1) is 15.7. The molecule has 0 aromatic heterocycles. The molecule has 2 amide bonds. The molecule has 0 aliphatic carbocycles. The number of likely N-dealkylation sites (N-methyl/N-ethyl adjacent to an activating group) is 1. The van der Waals surface area contributed by atoms with Crippen LogP contribution in [0.5, 0.6) is 0 Å². The SMILES string of the molecule is CNC(=O)C(NC(=O)CCCCCN=C1NS(=O)(=O)c2ccccc21)c1ccc(F)c(F)c1. The minimum Gasteiger partial charge on any atom is -0.357 e. The van der Waals surface area contributed by atoms with Gasteiger partial charge in [0.25, 0.3) is 10.0 Å². The first kappa shape index (κ1) is 24.3. The van der Waals surface area contributed by atoms with Gasteiger partial charge in [0.2, 0.25) is 11.8 Å². The molecule has 1 aliphatic heterocycles. The molecule has 11 heteroatoms. The number of hydrogen-bond donors (Lipinski definition) is 3. The first-order valence-electron chi connectivity index (χ1n) is 10.4. The molecule has 176 valence electrons. The average Bonchev–Trinajstić information content (AvgIpc) is 3.06. The molecular formula is C22H24F2N4O4S. The zero-order chi connectivity index (χ0) is 24.0. The van der Waals surface area contributed by atoms with Crippen molar-refractivity contribution in [2.75, 3.05) is 13.6 Å². The summed E-state index contributed by atoms with van der Waals surface area (Å²) in [5.41, 5.74) is 0.672. The number of amidine groups is 1. The minimum absolute atomic E-state index is 0.128. The van der Waals surface area contributed by atoms with E-state index in [1.807, 2.05) is 0 Å². The summed E-state index contributed by atoms with van der Waals surface area (Å²) in [5.74, 6) is -2.80. The summed E-state index contributed by atoms with van der Waals surface area (Å²) in [6, 6.07) is 8.47. The lowest BCUT2D eigenvalue weighted by atomic mass is 10.0. The van der Waals surface area contributed by atoms with Gasteiger partial charge in [0, 0.05) is 25.6 Å². The maximum Gasteiger partial charge on any atom is 0.263 e. The molecule has 8 nitrogen and oxygen atoms in total. The molecule has 3 N–H and O–H groups in total. The smallest absolute Gasteiger partial charge is 0.263 e. The van der Waals surface area contributed by atoms with Gasteiger partial charge in [-0.2, -0.15) is 0 Å². The first-order valence-corrected chi connectivity index (χ1v) is 11.8. The molecule has 33 heavy (non-hydrogen) atoms. The summed E-state index contributed by atoms with van der Waals surface area (Å²) in [4.78, 5) is 28.9. The van der Waals surface area contributed by atoms with Crippen LogP contribution in [0.4, 0.5) is 8.78 Å². The van der Waals surface area contributed by atoms with Crippen LogP contribution in [0.2, 0.25) is 0 Å². The minimum atomic E-state index is -3.57. The van der Waals surface area contributed by atoms with E-state index in [0.717, 1.165) is 12.1 Å². The van der Waals surface area contributed by atoms with Gasteiger partial charge in [-0.25, -0.2) is 17.2 Å². The van der Waals surface area contributed by atoms with Crippen LogP contribution < -0.4 is 15.4 Å². The fourth-order valence-electron chi connectivity index (χ4n) is 3.39. The summed E-state index contributed by atoms with van der Waals surface area (Å²) in [6.45, 7) is 0.379. The molecule has 2 aromatic rings. The number of benzene rings is 2. The predicted octanol–water partition coefficient (Wildman–Crippen LogP) is 2.17. The van der Waals surface area contributed by atoms with Gasteiger partial charge in [-0.3, -0.25) is 19.3 Å². The number of nitrogens with one attached hydrogen (secondary N) is 3. The highest BCUT2D eigenvalue weighted by Crippen LogP contribution is 2.22. The number of sulfonamides is 1. The molecule has 0 fully saturated rings. The quantitative estimate of drug-likeness (QED) is 0.479. The molecule has 0 bridgehead atoms. The van der Waals surface area contributed by atoms with Gasteiger partial charge in [0.05, 0.1) is 4.90 Å². The van der Waals surface area contributed by atoms with E-state index < -0.39 is 39.5 Å². The summed E-state index contributed by atoms with van der Waals surface area (Å²) in [5, 5.41) is 4.94. The number of fused-ring (bicyclic) bond motifs is 1. The van der Waals surface area contributed by atoms with Crippen molar-refractivity contribution < 1.29 is 26.8 Å². The lowest BCUT2D eigenvalue weighted by molar-refractivity contribution is -0.129. The topological polar surface area (TPSA) is 117 Å². The van der Waals surface area contributed by atoms with Crippen LogP contribution in [0.3, 0.4) is 0 Å². The lowest BCUT2D eigenvalue weighted by Crippen LogP contribution is -2.39. The Morgan fingerprint density at radius 1 is 1.06 bits per heavy atom. The van der Waals surface area contributed by atoms with Crippen LogP contribution in [0.15, 0.2) is 52.4 Å². The van der Waals surface area contributed by atoms with Crippen molar-refractivity contribution in [2.24, 2.45) is 4.99 Å². The molecule has 0 saturated heterocycles. The van der Waals surface area contributed by atoms with Crippen LogP contribution in [0, 0.1) is 11.6 Å². The maximum absolute atomic E-state index is 13.5. The number of carbonyl (C=O) groups is 2. The number of nitrogens with zero attached hydrogens (tertiary/aromatic N) is 1. The van der Waals surface area contributed by atoms with Crippen molar-refractivity contribution in [3.63, 3.8) is 0 Å². The second-order valence-electron chi connectivity index (χ2n) is 7.43. The zero-order valence-electron chi connectivity index (χ0n) is 17.9. The Kier molecular flexibility index (Phi) is 7.75. The van der Waals surface area contributed by atoms with Gasteiger partial charge in [-0.15, -0.1) is 0 Å². The fraction of sp³-hybridized carbons (Fsp3) is 0.318. The highest BCUT2D eigenvalue weighted by Gasteiger charge is 2.29. The molecule has 3 rings (SSSR count). The Bertz CT molecular complexity index is 1180. The second-order valence-corrected chi connectivity index (χ2v) is 9.08. The van der Waals surface area contributed by atoms with Crippen LogP contribution in [0.25, 0.3) is 0 Å². The van der Waals surface area contributed by atoms with E-state index >= 15 is 0 Å². The molecule has 1 unspecified atom stereocenters. The number of amides is 2. The number of aliphatic imine (C=N–C) groups is 1. The molecule has 0 saturated carbocycles. The van der Waals surface area contributed by atoms with E-state index in [1.54, 1.807) is 18.2 Å². The summed E-state index contributed by atoms with van der Waals surface area (Å²) in [6.07, 6.45) is 1.91. The standard InChI is InChI=1S/C22H24F2N4O4S/c1-25-22(30)20(14-10-11-16(23)17(24)13-14)27-19(29)9-3-2-6-12-26-21-15-7-4-5-8-18(15)33(31,32)28-21/h4-5,7-8,10-11,13,20H,2-3,6,9,12H2,1H3,(H,25,30)(H,26,28)(H,27,29). The number of rotatable bonds is 9. The molecule has 2 aromatic carbocycles. The third kappa shape index (κ3) is 5.92. The van der Waals surface area contributed by atoms with Crippen LogP contribution in [0.1, 0.15) is 42.9 Å². The second kappa shape index (κ2) is 10.5. The average molecular weight is 479 g/mol. The fourth-order valence-corrected chi connectivity index (χ4v) is 4.64. The van der Waals surface area contributed by atoms with E-state index in [2.05, 4.69) is 20.3 Å². The summed E-state index contributed by atoms with van der Waals surface area (Å²) < 4.78 is 53.3. The van der Waals surface area contributed by atoms with Gasteiger partial charge in [-0.1, -0.05) is 24.6 Å².